The second kappa shape index (κ2) is 4.16. The van der Waals surface area contributed by atoms with E-state index in [9.17, 15) is 9.90 Å². The molecule has 4 heteroatoms. The van der Waals surface area contributed by atoms with Gasteiger partial charge in [-0.1, -0.05) is 0 Å². The number of carbonyl (C=O) groups is 1. The van der Waals surface area contributed by atoms with Crippen LogP contribution in [0.25, 0.3) is 0 Å². The smallest absolute Gasteiger partial charge is 0.410 e. The average Bonchev–Trinajstić information content (AvgIpc) is 2.25. The molecular formula is C13H23NO3. The molecule has 2 unspecified atom stereocenters. The average molecular weight is 241 g/mol. The molecule has 1 aliphatic heterocycles. The van der Waals surface area contributed by atoms with E-state index >= 15 is 0 Å². The molecule has 1 spiro atoms. The van der Waals surface area contributed by atoms with Crippen LogP contribution in [0.5, 0.6) is 0 Å². The Labute approximate surface area is 103 Å². The topological polar surface area (TPSA) is 49.8 Å². The summed E-state index contributed by atoms with van der Waals surface area (Å²) in [5.41, 5.74) is -0.477. The van der Waals surface area contributed by atoms with Crippen molar-refractivity contribution in [2.75, 3.05) is 13.1 Å². The van der Waals surface area contributed by atoms with Crippen LogP contribution in [0.1, 0.15) is 46.5 Å². The molecule has 0 aromatic carbocycles. The second-order valence-electron chi connectivity index (χ2n) is 6.42. The van der Waals surface area contributed by atoms with Crippen LogP contribution < -0.4 is 0 Å². The molecule has 4 nitrogen and oxygen atoms in total. The number of amides is 1. The van der Waals surface area contributed by atoms with Crippen LogP contribution in [0.15, 0.2) is 0 Å². The van der Waals surface area contributed by atoms with E-state index < -0.39 is 5.60 Å². The summed E-state index contributed by atoms with van der Waals surface area (Å²) in [6.07, 6.45) is 3.45. The number of aliphatic hydroxyl groups excluding tert-OH is 1. The number of hydrogen-bond acceptors (Lipinski definition) is 3. The summed E-state index contributed by atoms with van der Waals surface area (Å²) in [5.74, 6) is 0. The van der Waals surface area contributed by atoms with Crippen molar-refractivity contribution in [2.45, 2.75) is 58.2 Å². The van der Waals surface area contributed by atoms with Gasteiger partial charge in [-0.05, 0) is 46.5 Å². The number of likely N-dealkylation sites (tertiary alicyclic amines) is 1. The predicted octanol–water partition coefficient (Wildman–Crippen LogP) is 2.16. The van der Waals surface area contributed by atoms with E-state index in [1.165, 1.54) is 0 Å². The minimum Gasteiger partial charge on any atom is -0.444 e. The molecular weight excluding hydrogens is 218 g/mol. The van der Waals surface area contributed by atoms with Crippen LogP contribution in [0.4, 0.5) is 4.79 Å². The lowest BCUT2D eigenvalue weighted by atomic mass is 9.62. The minimum absolute atomic E-state index is 0.0326. The maximum absolute atomic E-state index is 12.0. The van der Waals surface area contributed by atoms with Gasteiger partial charge in [-0.3, -0.25) is 0 Å². The number of carbonyl (C=O) groups excluding carboxylic acids is 1. The van der Waals surface area contributed by atoms with Crippen LogP contribution in [0, 0.1) is 5.41 Å². The highest BCUT2D eigenvalue weighted by molar-refractivity contribution is 5.68. The summed E-state index contributed by atoms with van der Waals surface area (Å²) in [5, 5.41) is 9.88. The third kappa shape index (κ3) is 2.57. The van der Waals surface area contributed by atoms with Crippen molar-refractivity contribution >= 4 is 6.09 Å². The molecule has 98 valence electrons. The number of rotatable bonds is 0. The van der Waals surface area contributed by atoms with Gasteiger partial charge >= 0.3 is 6.09 Å². The molecule has 2 rings (SSSR count). The molecule has 0 aromatic rings. The maximum atomic E-state index is 12.0. The zero-order valence-electron chi connectivity index (χ0n) is 11.0. The third-order valence-electron chi connectivity index (χ3n) is 3.88. The monoisotopic (exact) mass is 241 g/mol. The molecule has 1 amide bonds. The quantitative estimate of drug-likeness (QED) is 0.707. The standard InChI is InChI=1S/C13H23NO3/c1-12(2,3)17-11(16)14-8-4-6-13(9-14)7-5-10(13)15/h10,15H,4-9H2,1-3H3. The van der Waals surface area contributed by atoms with Crippen molar-refractivity contribution < 1.29 is 14.6 Å². The summed E-state index contributed by atoms with van der Waals surface area (Å²) < 4.78 is 5.38. The maximum Gasteiger partial charge on any atom is 0.410 e. The fraction of sp³-hybridized carbons (Fsp3) is 0.923. The second-order valence-corrected chi connectivity index (χ2v) is 6.42. The minimum atomic E-state index is -0.445. The molecule has 2 fully saturated rings. The van der Waals surface area contributed by atoms with Crippen molar-refractivity contribution in [2.24, 2.45) is 5.41 Å². The SMILES string of the molecule is CC(C)(C)OC(=O)N1CCCC2(CCC2O)C1. The highest BCUT2D eigenvalue weighted by Crippen LogP contribution is 2.47. The van der Waals surface area contributed by atoms with Crippen LogP contribution in [-0.2, 0) is 4.74 Å². The first-order valence-electron chi connectivity index (χ1n) is 6.48. The molecule has 0 bridgehead atoms. The van der Waals surface area contributed by atoms with E-state index in [0.717, 1.165) is 32.2 Å². The van der Waals surface area contributed by atoms with E-state index in [4.69, 9.17) is 4.74 Å². The van der Waals surface area contributed by atoms with Gasteiger partial charge in [0.1, 0.15) is 5.60 Å². The van der Waals surface area contributed by atoms with E-state index in [-0.39, 0.29) is 17.6 Å². The summed E-state index contributed by atoms with van der Waals surface area (Å²) in [4.78, 5) is 13.7. The zero-order chi connectivity index (χ0) is 12.7. The van der Waals surface area contributed by atoms with Gasteiger partial charge in [0.05, 0.1) is 6.10 Å². The van der Waals surface area contributed by atoms with Crippen LogP contribution in [-0.4, -0.2) is 40.9 Å². The Morgan fingerprint density at radius 3 is 2.59 bits per heavy atom. The van der Waals surface area contributed by atoms with Crippen molar-refractivity contribution in [1.29, 1.82) is 0 Å². The fourth-order valence-electron chi connectivity index (χ4n) is 2.80. The van der Waals surface area contributed by atoms with Crippen molar-refractivity contribution in [3.05, 3.63) is 0 Å². The first-order chi connectivity index (χ1) is 7.82. The Morgan fingerprint density at radius 2 is 2.12 bits per heavy atom. The largest absolute Gasteiger partial charge is 0.444 e. The molecule has 1 aliphatic carbocycles. The predicted molar refractivity (Wildman–Crippen MR) is 64.7 cm³/mol. The normalized spacial score (nSPS) is 33.4. The number of hydrogen-bond donors (Lipinski definition) is 1. The van der Waals surface area contributed by atoms with Crippen molar-refractivity contribution in [1.82, 2.24) is 4.90 Å². The third-order valence-corrected chi connectivity index (χ3v) is 3.88. The molecule has 2 aliphatic rings. The van der Waals surface area contributed by atoms with Gasteiger partial charge < -0.3 is 14.7 Å². The van der Waals surface area contributed by atoms with E-state index in [2.05, 4.69) is 0 Å². The molecule has 1 heterocycles. The number of aliphatic hydroxyl groups is 1. The lowest BCUT2D eigenvalue weighted by molar-refractivity contribution is -0.104. The van der Waals surface area contributed by atoms with Crippen molar-refractivity contribution in [3.63, 3.8) is 0 Å². The number of piperidine rings is 1. The Hall–Kier alpha value is -0.770. The Balaban J connectivity index is 1.96. The highest BCUT2D eigenvalue weighted by atomic mass is 16.6. The Kier molecular flexibility index (Phi) is 3.10. The summed E-state index contributed by atoms with van der Waals surface area (Å²) in [6, 6.07) is 0. The molecule has 0 radical (unpaired) electrons. The van der Waals surface area contributed by atoms with E-state index in [1.54, 1.807) is 4.90 Å². The Morgan fingerprint density at radius 1 is 1.41 bits per heavy atom. The lowest BCUT2D eigenvalue weighted by Gasteiger charge is -2.52. The van der Waals surface area contributed by atoms with Gasteiger partial charge in [0.2, 0.25) is 0 Å². The first kappa shape index (κ1) is 12.7. The fourth-order valence-corrected chi connectivity index (χ4v) is 2.80. The van der Waals surface area contributed by atoms with E-state index in [0.29, 0.717) is 6.54 Å². The summed E-state index contributed by atoms with van der Waals surface area (Å²) in [6.45, 7) is 7.04. The van der Waals surface area contributed by atoms with Gasteiger partial charge in [-0.2, -0.15) is 0 Å². The van der Waals surface area contributed by atoms with Crippen LogP contribution in [0.3, 0.4) is 0 Å². The Bertz CT molecular complexity index is 310. The van der Waals surface area contributed by atoms with Crippen LogP contribution >= 0.6 is 0 Å². The summed E-state index contributed by atoms with van der Waals surface area (Å²) in [7, 11) is 0. The van der Waals surface area contributed by atoms with Gasteiger partial charge in [0.15, 0.2) is 0 Å². The van der Waals surface area contributed by atoms with Gasteiger partial charge in [0, 0.05) is 18.5 Å². The molecule has 2 atom stereocenters. The van der Waals surface area contributed by atoms with Gasteiger partial charge in [-0.25, -0.2) is 4.79 Å². The molecule has 17 heavy (non-hydrogen) atoms. The van der Waals surface area contributed by atoms with Gasteiger partial charge in [-0.15, -0.1) is 0 Å². The highest BCUT2D eigenvalue weighted by Gasteiger charge is 2.49. The molecule has 1 saturated heterocycles. The number of nitrogens with zero attached hydrogens (tertiary/aromatic N) is 1. The van der Waals surface area contributed by atoms with E-state index in [1.807, 2.05) is 20.8 Å². The van der Waals surface area contributed by atoms with Crippen molar-refractivity contribution in [3.8, 4) is 0 Å². The lowest BCUT2D eigenvalue weighted by Crippen LogP contribution is -2.57. The number of ether oxygens (including phenoxy) is 1. The zero-order valence-corrected chi connectivity index (χ0v) is 11.0. The van der Waals surface area contributed by atoms with Crippen LogP contribution in [0.2, 0.25) is 0 Å². The van der Waals surface area contributed by atoms with Gasteiger partial charge in [0.25, 0.3) is 0 Å². The first-order valence-corrected chi connectivity index (χ1v) is 6.48. The molecule has 1 N–H and O–H groups in total. The molecule has 1 saturated carbocycles. The molecule has 0 aromatic heterocycles. The summed E-state index contributed by atoms with van der Waals surface area (Å²) >= 11 is 0.